The van der Waals surface area contributed by atoms with Gasteiger partial charge in [-0.2, -0.15) is 0 Å². The monoisotopic (exact) mass is 436 g/mol. The lowest BCUT2D eigenvalue weighted by Gasteiger charge is -2.27. The van der Waals surface area contributed by atoms with Gasteiger partial charge in [0.15, 0.2) is 0 Å². The van der Waals surface area contributed by atoms with Crippen LogP contribution in [0.3, 0.4) is 0 Å². The van der Waals surface area contributed by atoms with Crippen LogP contribution in [0.4, 0.5) is 0 Å². The summed E-state index contributed by atoms with van der Waals surface area (Å²) in [6.07, 6.45) is 0. The number of rotatable bonds is 4. The fourth-order valence-electron chi connectivity index (χ4n) is 3.50. The third-order valence-electron chi connectivity index (χ3n) is 4.57. The van der Waals surface area contributed by atoms with Crippen LogP contribution in [0.2, 0.25) is 0 Å². The molecule has 4 rings (SSSR count). The van der Waals surface area contributed by atoms with E-state index in [0.717, 1.165) is 0 Å². The van der Waals surface area contributed by atoms with Crippen molar-refractivity contribution in [3.63, 3.8) is 0 Å². The molecule has 0 saturated carbocycles. The van der Waals surface area contributed by atoms with E-state index in [2.05, 4.69) is 121 Å². The molecule has 0 aliphatic heterocycles. The summed E-state index contributed by atoms with van der Waals surface area (Å²) in [5.74, 6) is 0. The van der Waals surface area contributed by atoms with Gasteiger partial charge in [-0.25, -0.2) is 0 Å². The first kappa shape index (κ1) is 21.9. The standard InChI is InChI=1S/C24H20P.H2O4S/c1-5-13-21(14-6-1)25(22-15-7-2-8-16-22,23-17-9-3-10-18-23)24-19-11-4-12-20-24;1-5(2,3)4/h1-20H;(H2,1,2,3,4)/q+1;/p-1. The van der Waals surface area contributed by atoms with Crippen molar-refractivity contribution in [3.8, 4) is 0 Å². The average molecular weight is 436 g/mol. The van der Waals surface area contributed by atoms with Crippen molar-refractivity contribution in [1.82, 2.24) is 0 Å². The van der Waals surface area contributed by atoms with E-state index in [1.165, 1.54) is 21.2 Å². The highest BCUT2D eigenvalue weighted by Gasteiger charge is 2.47. The summed E-state index contributed by atoms with van der Waals surface area (Å²) in [6, 6.07) is 43.8. The molecule has 0 saturated heterocycles. The molecule has 6 heteroatoms. The normalized spacial score (nSPS) is 11.3. The third-order valence-corrected chi connectivity index (χ3v) is 8.86. The largest absolute Gasteiger partial charge is 1.00 e. The van der Waals surface area contributed by atoms with E-state index in [-0.39, 0.29) is 1.43 Å². The second-order valence-electron chi connectivity index (χ2n) is 6.42. The molecule has 4 aromatic rings. The lowest BCUT2D eigenvalue weighted by Crippen LogP contribution is -2.38. The summed E-state index contributed by atoms with van der Waals surface area (Å²) in [5, 5.41) is 5.55. The van der Waals surface area contributed by atoms with Crippen LogP contribution >= 0.6 is 7.26 Å². The Morgan fingerprint density at radius 2 is 0.633 bits per heavy atom. The summed E-state index contributed by atoms with van der Waals surface area (Å²) in [6.45, 7) is 0. The van der Waals surface area contributed by atoms with Crippen LogP contribution in [0, 0.1) is 0 Å². The van der Waals surface area contributed by atoms with Gasteiger partial charge in [0, 0.05) is 10.4 Å². The molecule has 30 heavy (non-hydrogen) atoms. The minimum atomic E-state index is -5.17. The number of hydrogen-bond donors (Lipinski definition) is 0. The Morgan fingerprint density at radius 1 is 0.467 bits per heavy atom. The molecule has 0 aromatic heterocycles. The van der Waals surface area contributed by atoms with Gasteiger partial charge in [-0.1, -0.05) is 72.8 Å². The van der Waals surface area contributed by atoms with E-state index in [4.69, 9.17) is 17.5 Å². The molecule has 0 N–H and O–H groups in total. The zero-order valence-electron chi connectivity index (χ0n) is 17.0. The van der Waals surface area contributed by atoms with Crippen molar-refractivity contribution >= 4 is 38.9 Å². The van der Waals surface area contributed by atoms with Crippen molar-refractivity contribution in [2.75, 3.05) is 0 Å². The quantitative estimate of drug-likeness (QED) is 0.280. The van der Waals surface area contributed by atoms with Crippen molar-refractivity contribution in [2.45, 2.75) is 0 Å². The van der Waals surface area contributed by atoms with Crippen molar-refractivity contribution in [2.24, 2.45) is 0 Å². The van der Waals surface area contributed by atoms with Gasteiger partial charge in [0.1, 0.15) is 28.5 Å². The third kappa shape index (κ3) is 5.21. The van der Waals surface area contributed by atoms with E-state index < -0.39 is 17.7 Å². The second-order valence-corrected chi connectivity index (χ2v) is 10.6. The van der Waals surface area contributed by atoms with E-state index in [9.17, 15) is 0 Å². The molecule has 0 aliphatic rings. The molecule has 0 radical (unpaired) electrons. The lowest BCUT2D eigenvalue weighted by atomic mass is 10.3. The van der Waals surface area contributed by atoms with Gasteiger partial charge in [0.25, 0.3) is 0 Å². The molecule has 0 amide bonds. The number of hydrogen-bond acceptors (Lipinski definition) is 4. The molecule has 0 heterocycles. The topological polar surface area (TPSA) is 80.3 Å². The second kappa shape index (κ2) is 9.79. The first-order valence-corrected chi connectivity index (χ1v) is 12.3. The predicted octanol–water partition coefficient (Wildman–Crippen LogP) is 3.08. The fourth-order valence-corrected chi connectivity index (χ4v) is 7.77. The SMILES string of the molecule is O=S(=O)([O-])[O-].[H+].c1ccc([P+](c2ccccc2)(c2ccccc2)c2ccccc2)cc1. The summed E-state index contributed by atoms with van der Waals surface area (Å²) in [5.41, 5.74) is 0. The Kier molecular flexibility index (Phi) is 7.14. The van der Waals surface area contributed by atoms with Gasteiger partial charge in [-0.05, 0) is 48.5 Å². The average Bonchev–Trinajstić information content (AvgIpc) is 2.76. The molecule has 152 valence electrons. The molecule has 0 bridgehead atoms. The molecule has 0 spiro atoms. The van der Waals surface area contributed by atoms with Crippen molar-refractivity contribution in [1.29, 1.82) is 0 Å². The van der Waals surface area contributed by atoms with Crippen LogP contribution in [0.15, 0.2) is 121 Å². The number of benzene rings is 4. The maximum atomic E-state index is 8.52. The van der Waals surface area contributed by atoms with Crippen LogP contribution in [-0.4, -0.2) is 17.5 Å². The highest BCUT2D eigenvalue weighted by atomic mass is 32.3. The molecular formula is C24H21O4PS. The molecule has 0 unspecified atom stereocenters. The summed E-state index contributed by atoms with van der Waals surface area (Å²) in [4.78, 5) is 0. The van der Waals surface area contributed by atoms with Gasteiger partial charge >= 0.3 is 1.43 Å². The Balaban J connectivity index is 0.000000514. The Bertz CT molecular complexity index is 986. The van der Waals surface area contributed by atoms with Crippen LogP contribution in [0.1, 0.15) is 1.43 Å². The Hall–Kier alpha value is -2.82. The molecule has 0 atom stereocenters. The summed E-state index contributed by atoms with van der Waals surface area (Å²) in [7, 11) is -7.07. The fraction of sp³-hybridized carbons (Fsp3) is 0. The summed E-state index contributed by atoms with van der Waals surface area (Å²) < 4.78 is 34.1. The highest BCUT2D eigenvalue weighted by Crippen LogP contribution is 2.53. The predicted molar refractivity (Wildman–Crippen MR) is 123 cm³/mol. The minimum Gasteiger partial charge on any atom is -0.759 e. The van der Waals surface area contributed by atoms with Gasteiger partial charge in [-0.3, -0.25) is 8.42 Å². The molecule has 4 nitrogen and oxygen atoms in total. The van der Waals surface area contributed by atoms with Crippen LogP contribution in [-0.2, 0) is 10.4 Å². The van der Waals surface area contributed by atoms with Crippen LogP contribution < -0.4 is 21.2 Å². The van der Waals surface area contributed by atoms with E-state index in [1.54, 1.807) is 0 Å². The van der Waals surface area contributed by atoms with Gasteiger partial charge in [0.05, 0.1) is 0 Å². The Labute approximate surface area is 179 Å². The van der Waals surface area contributed by atoms with Crippen LogP contribution in [0.5, 0.6) is 0 Å². The molecular weight excluding hydrogens is 415 g/mol. The van der Waals surface area contributed by atoms with Crippen LogP contribution in [0.25, 0.3) is 0 Å². The maximum absolute atomic E-state index is 8.52. The smallest absolute Gasteiger partial charge is 0.759 e. The van der Waals surface area contributed by atoms with E-state index >= 15 is 0 Å². The minimum absolute atomic E-state index is 0. The molecule has 4 aromatic carbocycles. The van der Waals surface area contributed by atoms with Gasteiger partial charge in [-0.15, -0.1) is 0 Å². The molecule has 0 fully saturated rings. The zero-order chi connectivity index (χ0) is 21.5. The summed E-state index contributed by atoms with van der Waals surface area (Å²) >= 11 is 0. The van der Waals surface area contributed by atoms with Crippen molar-refractivity contribution in [3.05, 3.63) is 121 Å². The Morgan fingerprint density at radius 3 is 0.800 bits per heavy atom. The lowest BCUT2D eigenvalue weighted by molar-refractivity contribution is 0.352. The van der Waals surface area contributed by atoms with Gasteiger partial charge in [0.2, 0.25) is 0 Å². The first-order chi connectivity index (χ1) is 14.4. The van der Waals surface area contributed by atoms with E-state index in [0.29, 0.717) is 0 Å². The zero-order valence-corrected chi connectivity index (χ0v) is 17.7. The highest BCUT2D eigenvalue weighted by molar-refractivity contribution is 8.01. The first-order valence-electron chi connectivity index (χ1n) is 9.20. The van der Waals surface area contributed by atoms with E-state index in [1.807, 2.05) is 0 Å². The molecule has 0 aliphatic carbocycles. The van der Waals surface area contributed by atoms with Crippen molar-refractivity contribution < 1.29 is 18.9 Å². The maximum Gasteiger partial charge on any atom is 1.00 e. The van der Waals surface area contributed by atoms with Gasteiger partial charge < -0.3 is 9.11 Å².